The van der Waals surface area contributed by atoms with Gasteiger partial charge in [0.15, 0.2) is 0 Å². The van der Waals surface area contributed by atoms with E-state index in [9.17, 15) is 8.42 Å². The number of hydrogen-bond acceptors (Lipinski definition) is 4. The molecule has 24 heavy (non-hydrogen) atoms. The van der Waals surface area contributed by atoms with Crippen molar-refractivity contribution in [3.63, 3.8) is 0 Å². The third kappa shape index (κ3) is 5.63. The van der Waals surface area contributed by atoms with Gasteiger partial charge in [-0.25, -0.2) is 8.42 Å². The van der Waals surface area contributed by atoms with Crippen LogP contribution in [-0.2, 0) is 16.6 Å². The maximum absolute atomic E-state index is 12.7. The highest BCUT2D eigenvalue weighted by atomic mass is 32.2. The van der Waals surface area contributed by atoms with Gasteiger partial charge in [0.05, 0.1) is 6.54 Å². The Bertz CT molecular complexity index is 765. The fourth-order valence-corrected chi connectivity index (χ4v) is 3.31. The molecule has 0 aliphatic carbocycles. The summed E-state index contributed by atoms with van der Waals surface area (Å²) in [6.45, 7) is 3.10. The van der Waals surface area contributed by atoms with Gasteiger partial charge in [-0.15, -0.1) is 0 Å². The Balaban J connectivity index is 2.18. The van der Waals surface area contributed by atoms with Crippen LogP contribution in [0.2, 0.25) is 0 Å². The number of benzene rings is 1. The van der Waals surface area contributed by atoms with Crippen molar-refractivity contribution >= 4 is 16.1 Å². The molecule has 5 nitrogen and oxygen atoms in total. The summed E-state index contributed by atoms with van der Waals surface area (Å²) < 4.78 is 32.4. The van der Waals surface area contributed by atoms with Crippen molar-refractivity contribution in [2.45, 2.75) is 13.5 Å². The van der Waals surface area contributed by atoms with E-state index >= 15 is 0 Å². The van der Waals surface area contributed by atoms with Crippen LogP contribution >= 0.6 is 0 Å². The average molecular weight is 348 g/mol. The molecule has 1 aromatic carbocycles. The van der Waals surface area contributed by atoms with Crippen molar-refractivity contribution in [3.05, 3.63) is 65.0 Å². The van der Waals surface area contributed by atoms with Gasteiger partial charge in [0.2, 0.25) is 10.0 Å². The van der Waals surface area contributed by atoms with E-state index in [1.54, 1.807) is 6.08 Å². The van der Waals surface area contributed by atoms with Gasteiger partial charge in [-0.1, -0.05) is 30.3 Å². The number of sulfonamides is 1. The van der Waals surface area contributed by atoms with E-state index in [0.717, 1.165) is 11.3 Å². The van der Waals surface area contributed by atoms with Crippen LogP contribution in [0.25, 0.3) is 6.08 Å². The van der Waals surface area contributed by atoms with E-state index < -0.39 is 10.0 Å². The summed E-state index contributed by atoms with van der Waals surface area (Å²) >= 11 is 0. The molecule has 0 fully saturated rings. The van der Waals surface area contributed by atoms with Crippen LogP contribution in [0, 0.1) is 6.92 Å². The molecule has 0 spiro atoms. The van der Waals surface area contributed by atoms with Crippen LogP contribution in [-0.4, -0.2) is 44.8 Å². The summed E-state index contributed by atoms with van der Waals surface area (Å²) in [5.41, 5.74) is 0.850. The Kier molecular flexibility index (Phi) is 6.36. The van der Waals surface area contributed by atoms with Gasteiger partial charge in [-0.3, -0.25) is 0 Å². The van der Waals surface area contributed by atoms with E-state index in [0.29, 0.717) is 18.8 Å². The fraction of sp³-hybridized carbons (Fsp3) is 0.333. The zero-order valence-electron chi connectivity index (χ0n) is 14.3. The molecule has 0 unspecified atom stereocenters. The van der Waals surface area contributed by atoms with E-state index in [4.69, 9.17) is 4.42 Å². The highest BCUT2D eigenvalue weighted by Gasteiger charge is 2.21. The summed E-state index contributed by atoms with van der Waals surface area (Å²) in [7, 11) is 0.298. The number of furan rings is 1. The molecule has 0 radical (unpaired) electrons. The first kappa shape index (κ1) is 18.4. The van der Waals surface area contributed by atoms with Crippen molar-refractivity contribution in [2.75, 3.05) is 27.2 Å². The molecule has 0 saturated carbocycles. The lowest BCUT2D eigenvalue weighted by Crippen LogP contribution is -2.35. The van der Waals surface area contributed by atoms with Gasteiger partial charge < -0.3 is 9.32 Å². The third-order valence-electron chi connectivity index (χ3n) is 3.52. The Labute approximate surface area is 144 Å². The molecule has 1 aromatic heterocycles. The van der Waals surface area contributed by atoms with E-state index in [1.807, 2.05) is 68.4 Å². The minimum absolute atomic E-state index is 0.225. The predicted octanol–water partition coefficient (Wildman–Crippen LogP) is 2.95. The highest BCUT2D eigenvalue weighted by molar-refractivity contribution is 7.92. The van der Waals surface area contributed by atoms with Gasteiger partial charge in [-0.2, -0.15) is 4.31 Å². The second-order valence-corrected chi connectivity index (χ2v) is 7.73. The molecular weight excluding hydrogens is 324 g/mol. The van der Waals surface area contributed by atoms with Crippen LogP contribution in [0.15, 0.2) is 52.3 Å². The van der Waals surface area contributed by atoms with Crippen LogP contribution in [0.4, 0.5) is 0 Å². The molecule has 0 aliphatic heterocycles. The minimum Gasteiger partial charge on any atom is -0.465 e. The number of rotatable bonds is 8. The van der Waals surface area contributed by atoms with Gasteiger partial charge in [0.25, 0.3) is 0 Å². The maximum atomic E-state index is 12.7. The summed E-state index contributed by atoms with van der Waals surface area (Å²) in [4.78, 5) is 1.96. The fourth-order valence-electron chi connectivity index (χ4n) is 2.17. The average Bonchev–Trinajstić information content (AvgIpc) is 2.95. The standard InChI is InChI=1S/C18H24N2O3S/c1-16-9-10-18(23-16)15-20(13-12-19(2)3)24(21,22)14-11-17-7-5-4-6-8-17/h4-11,14H,12-13,15H2,1-3H3. The molecule has 0 bridgehead atoms. The van der Waals surface area contributed by atoms with Crippen LogP contribution in [0.1, 0.15) is 17.1 Å². The molecular formula is C18H24N2O3S. The quantitative estimate of drug-likeness (QED) is 0.736. The molecule has 6 heteroatoms. The van der Waals surface area contributed by atoms with Crippen LogP contribution in [0.3, 0.4) is 0 Å². The second-order valence-electron chi connectivity index (χ2n) is 5.91. The van der Waals surface area contributed by atoms with Crippen LogP contribution < -0.4 is 0 Å². The van der Waals surface area contributed by atoms with Gasteiger partial charge in [0.1, 0.15) is 11.5 Å². The predicted molar refractivity (Wildman–Crippen MR) is 96.8 cm³/mol. The topological polar surface area (TPSA) is 53.8 Å². The Hall–Kier alpha value is -1.89. The van der Waals surface area contributed by atoms with Crippen molar-refractivity contribution in [1.29, 1.82) is 0 Å². The molecule has 0 N–H and O–H groups in total. The zero-order chi connectivity index (χ0) is 17.6. The lowest BCUT2D eigenvalue weighted by atomic mass is 10.2. The highest BCUT2D eigenvalue weighted by Crippen LogP contribution is 2.15. The van der Waals surface area contributed by atoms with E-state index in [1.165, 1.54) is 9.71 Å². The largest absolute Gasteiger partial charge is 0.465 e. The smallest absolute Gasteiger partial charge is 0.236 e. The second kappa shape index (κ2) is 8.28. The first-order chi connectivity index (χ1) is 11.4. The van der Waals surface area contributed by atoms with Gasteiger partial charge in [0, 0.05) is 18.5 Å². The summed E-state index contributed by atoms with van der Waals surface area (Å²) in [6, 6.07) is 13.0. The van der Waals surface area contributed by atoms with Crippen molar-refractivity contribution in [2.24, 2.45) is 0 Å². The van der Waals surface area contributed by atoms with E-state index in [-0.39, 0.29) is 6.54 Å². The summed E-state index contributed by atoms with van der Waals surface area (Å²) in [6.07, 6.45) is 1.62. The first-order valence-electron chi connectivity index (χ1n) is 7.80. The lowest BCUT2D eigenvalue weighted by molar-refractivity contribution is 0.312. The van der Waals surface area contributed by atoms with Crippen LogP contribution in [0.5, 0.6) is 0 Å². The Morgan fingerprint density at radius 1 is 1.04 bits per heavy atom. The summed E-state index contributed by atoms with van der Waals surface area (Å²) in [5, 5.41) is 1.26. The number of nitrogens with zero attached hydrogens (tertiary/aromatic N) is 2. The number of hydrogen-bond donors (Lipinski definition) is 0. The number of aryl methyl sites for hydroxylation is 1. The molecule has 0 amide bonds. The van der Waals surface area contributed by atoms with Crippen molar-refractivity contribution < 1.29 is 12.8 Å². The molecule has 130 valence electrons. The molecule has 0 saturated heterocycles. The van der Waals surface area contributed by atoms with Gasteiger partial charge >= 0.3 is 0 Å². The van der Waals surface area contributed by atoms with Crippen molar-refractivity contribution in [3.8, 4) is 0 Å². The number of likely N-dealkylation sites (N-methyl/N-ethyl adjacent to an activating group) is 1. The monoisotopic (exact) mass is 348 g/mol. The van der Waals surface area contributed by atoms with Gasteiger partial charge in [-0.05, 0) is 44.8 Å². The van der Waals surface area contributed by atoms with E-state index in [2.05, 4.69) is 0 Å². The normalized spacial score (nSPS) is 12.5. The molecule has 1 heterocycles. The summed E-state index contributed by atoms with van der Waals surface area (Å²) in [5.74, 6) is 1.41. The maximum Gasteiger partial charge on any atom is 0.236 e. The SMILES string of the molecule is Cc1ccc(CN(CCN(C)C)S(=O)(=O)C=Cc2ccccc2)o1. The molecule has 2 rings (SSSR count). The first-order valence-corrected chi connectivity index (χ1v) is 9.30. The Morgan fingerprint density at radius 3 is 2.33 bits per heavy atom. The molecule has 0 atom stereocenters. The molecule has 2 aromatic rings. The minimum atomic E-state index is -3.54. The zero-order valence-corrected chi connectivity index (χ0v) is 15.2. The Morgan fingerprint density at radius 2 is 1.75 bits per heavy atom. The molecule has 0 aliphatic rings. The third-order valence-corrected chi connectivity index (χ3v) is 5.03. The lowest BCUT2D eigenvalue weighted by Gasteiger charge is -2.21. The van der Waals surface area contributed by atoms with Crippen molar-refractivity contribution in [1.82, 2.24) is 9.21 Å².